The van der Waals surface area contributed by atoms with Crippen LogP contribution < -0.4 is 10.6 Å². The Labute approximate surface area is 125 Å². The molecule has 0 aliphatic carbocycles. The van der Waals surface area contributed by atoms with Gasteiger partial charge in [0.05, 0.1) is 5.69 Å². The van der Waals surface area contributed by atoms with Gasteiger partial charge in [-0.05, 0) is 31.4 Å². The van der Waals surface area contributed by atoms with Gasteiger partial charge in [0.25, 0.3) is 0 Å². The minimum absolute atomic E-state index is 0.411. The first-order valence-corrected chi connectivity index (χ1v) is 7.93. The number of hydrogen-bond acceptors (Lipinski definition) is 4. The van der Waals surface area contributed by atoms with E-state index >= 15 is 0 Å². The second-order valence-electron chi connectivity index (χ2n) is 5.19. The fraction of sp³-hybridized carbons (Fsp3) is 0.438. The van der Waals surface area contributed by atoms with Crippen molar-refractivity contribution < 1.29 is 0 Å². The zero-order chi connectivity index (χ0) is 14.7. The van der Waals surface area contributed by atoms with E-state index in [1.165, 1.54) is 16.1 Å². The molecule has 4 heteroatoms. The quantitative estimate of drug-likeness (QED) is 0.897. The molecule has 0 saturated carbocycles. The normalized spacial score (nSPS) is 11.1. The minimum Gasteiger partial charge on any atom is -0.326 e. The second kappa shape index (κ2) is 6.37. The van der Waals surface area contributed by atoms with Crippen LogP contribution in [0.25, 0.3) is 0 Å². The summed E-state index contributed by atoms with van der Waals surface area (Å²) < 4.78 is 0. The third-order valence-corrected chi connectivity index (χ3v) is 4.52. The Bertz CT molecular complexity index is 575. The average Bonchev–Trinajstić information content (AvgIpc) is 2.86. The molecule has 0 fully saturated rings. The number of aryl methyl sites for hydroxylation is 1. The number of rotatable bonds is 5. The molecule has 20 heavy (non-hydrogen) atoms. The van der Waals surface area contributed by atoms with Crippen molar-refractivity contribution in [1.82, 2.24) is 4.98 Å². The summed E-state index contributed by atoms with van der Waals surface area (Å²) in [6.07, 6.45) is 0. The smallest absolute Gasteiger partial charge is 0.190 e. The lowest BCUT2D eigenvalue weighted by molar-refractivity contribution is 0.809. The lowest BCUT2D eigenvalue weighted by Gasteiger charge is -2.22. The highest BCUT2D eigenvalue weighted by molar-refractivity contribution is 7.15. The van der Waals surface area contributed by atoms with Crippen molar-refractivity contribution in [2.75, 3.05) is 11.4 Å². The maximum Gasteiger partial charge on any atom is 0.190 e. The Hall–Kier alpha value is -1.39. The highest BCUT2D eigenvalue weighted by Crippen LogP contribution is 2.35. The highest BCUT2D eigenvalue weighted by atomic mass is 32.1. The first-order valence-electron chi connectivity index (χ1n) is 7.11. The van der Waals surface area contributed by atoms with Crippen molar-refractivity contribution >= 4 is 22.2 Å². The van der Waals surface area contributed by atoms with E-state index in [0.717, 1.165) is 17.4 Å². The molecule has 1 aromatic heterocycles. The molecule has 0 atom stereocenters. The van der Waals surface area contributed by atoms with Gasteiger partial charge >= 0.3 is 0 Å². The summed E-state index contributed by atoms with van der Waals surface area (Å²) in [7, 11) is 0. The van der Waals surface area contributed by atoms with E-state index in [9.17, 15) is 0 Å². The molecule has 2 rings (SSSR count). The van der Waals surface area contributed by atoms with Crippen molar-refractivity contribution in [2.24, 2.45) is 5.73 Å². The van der Waals surface area contributed by atoms with Gasteiger partial charge in [-0.2, -0.15) is 0 Å². The number of aromatic nitrogens is 1. The van der Waals surface area contributed by atoms with E-state index in [-0.39, 0.29) is 0 Å². The third kappa shape index (κ3) is 2.86. The van der Waals surface area contributed by atoms with Crippen LogP contribution in [0.15, 0.2) is 24.3 Å². The Morgan fingerprint density at radius 1 is 1.30 bits per heavy atom. The van der Waals surface area contributed by atoms with E-state index < -0.39 is 0 Å². The van der Waals surface area contributed by atoms with E-state index in [1.54, 1.807) is 11.3 Å². The predicted octanol–water partition coefficient (Wildman–Crippen LogP) is 4.19. The third-order valence-electron chi connectivity index (χ3n) is 3.40. The molecule has 0 amide bonds. The van der Waals surface area contributed by atoms with Crippen LogP contribution in [-0.2, 0) is 6.54 Å². The van der Waals surface area contributed by atoms with Gasteiger partial charge in [-0.25, -0.2) is 4.98 Å². The molecule has 0 radical (unpaired) electrons. The topological polar surface area (TPSA) is 42.2 Å². The fourth-order valence-corrected chi connectivity index (χ4v) is 3.51. The lowest BCUT2D eigenvalue weighted by Crippen LogP contribution is -2.16. The number of hydrogen-bond donors (Lipinski definition) is 1. The van der Waals surface area contributed by atoms with Gasteiger partial charge in [-0.15, -0.1) is 0 Å². The Morgan fingerprint density at radius 3 is 2.50 bits per heavy atom. The number of benzene rings is 1. The van der Waals surface area contributed by atoms with Crippen LogP contribution >= 0.6 is 11.3 Å². The van der Waals surface area contributed by atoms with E-state index in [1.807, 2.05) is 0 Å². The molecule has 1 aromatic carbocycles. The van der Waals surface area contributed by atoms with Crippen LogP contribution in [0.2, 0.25) is 0 Å². The van der Waals surface area contributed by atoms with Crippen LogP contribution in [0.3, 0.4) is 0 Å². The van der Waals surface area contributed by atoms with Crippen molar-refractivity contribution in [1.29, 1.82) is 0 Å². The van der Waals surface area contributed by atoms with Crippen LogP contribution in [0.4, 0.5) is 10.8 Å². The Balaban J connectivity index is 2.45. The molecule has 0 bridgehead atoms. The van der Waals surface area contributed by atoms with E-state index in [0.29, 0.717) is 12.5 Å². The standard InChI is InChI=1S/C16H23N3S/c1-5-19(13-9-7-6-8-12(13)4)16-18-15(11(2)3)14(10-17)20-16/h6-9,11H,5,10,17H2,1-4H3. The largest absolute Gasteiger partial charge is 0.326 e. The summed E-state index contributed by atoms with van der Waals surface area (Å²) in [6.45, 7) is 10.1. The summed E-state index contributed by atoms with van der Waals surface area (Å²) in [5, 5.41) is 1.05. The first-order chi connectivity index (χ1) is 9.58. The fourth-order valence-electron chi connectivity index (χ4n) is 2.34. The van der Waals surface area contributed by atoms with Crippen molar-refractivity contribution in [3.8, 4) is 0 Å². The molecule has 108 valence electrons. The summed E-state index contributed by atoms with van der Waals surface area (Å²) in [5.41, 5.74) is 9.50. The van der Waals surface area contributed by atoms with Crippen LogP contribution in [0, 0.1) is 6.92 Å². The maximum atomic E-state index is 5.86. The Kier molecular flexibility index (Phi) is 4.78. The molecule has 0 aliphatic rings. The predicted molar refractivity (Wildman–Crippen MR) is 88.0 cm³/mol. The van der Waals surface area contributed by atoms with Gasteiger partial charge in [0, 0.05) is 23.7 Å². The van der Waals surface area contributed by atoms with E-state index in [2.05, 4.69) is 56.9 Å². The van der Waals surface area contributed by atoms with Crippen molar-refractivity contribution in [3.05, 3.63) is 40.4 Å². The van der Waals surface area contributed by atoms with Gasteiger partial charge in [-0.3, -0.25) is 0 Å². The van der Waals surface area contributed by atoms with Crippen molar-refractivity contribution in [2.45, 2.75) is 40.2 Å². The van der Waals surface area contributed by atoms with Gasteiger partial charge in [0.15, 0.2) is 5.13 Å². The highest BCUT2D eigenvalue weighted by Gasteiger charge is 2.18. The molecule has 2 aromatic rings. The second-order valence-corrected chi connectivity index (χ2v) is 6.26. The van der Waals surface area contributed by atoms with Crippen LogP contribution in [0.5, 0.6) is 0 Å². The zero-order valence-corrected chi connectivity index (χ0v) is 13.5. The monoisotopic (exact) mass is 289 g/mol. The SMILES string of the molecule is CCN(c1nc(C(C)C)c(CN)s1)c1ccccc1C. The molecule has 0 unspecified atom stereocenters. The average molecular weight is 289 g/mol. The molecular weight excluding hydrogens is 266 g/mol. The van der Waals surface area contributed by atoms with Crippen molar-refractivity contribution in [3.63, 3.8) is 0 Å². The molecule has 3 nitrogen and oxygen atoms in total. The molecule has 2 N–H and O–H groups in total. The number of anilines is 2. The van der Waals surface area contributed by atoms with Crippen LogP contribution in [-0.4, -0.2) is 11.5 Å². The first kappa shape index (κ1) is 15.0. The minimum atomic E-state index is 0.411. The summed E-state index contributed by atoms with van der Waals surface area (Å²) in [4.78, 5) is 8.30. The Morgan fingerprint density at radius 2 is 2.00 bits per heavy atom. The van der Waals surface area contributed by atoms with E-state index in [4.69, 9.17) is 10.7 Å². The molecule has 0 aliphatic heterocycles. The maximum absolute atomic E-state index is 5.86. The number of nitrogens with two attached hydrogens (primary N) is 1. The van der Waals surface area contributed by atoms with Gasteiger partial charge in [0.2, 0.25) is 0 Å². The van der Waals surface area contributed by atoms with Gasteiger partial charge in [-0.1, -0.05) is 43.4 Å². The van der Waals surface area contributed by atoms with Crippen LogP contribution in [0.1, 0.15) is 42.8 Å². The number of thiazole rings is 1. The number of nitrogens with zero attached hydrogens (tertiary/aromatic N) is 2. The summed E-state index contributed by atoms with van der Waals surface area (Å²) in [5.74, 6) is 0.411. The molecule has 1 heterocycles. The summed E-state index contributed by atoms with van der Waals surface area (Å²) >= 11 is 1.71. The van der Waals surface area contributed by atoms with Gasteiger partial charge in [0.1, 0.15) is 0 Å². The van der Waals surface area contributed by atoms with Gasteiger partial charge < -0.3 is 10.6 Å². The molecule has 0 spiro atoms. The molecular formula is C16H23N3S. The lowest BCUT2D eigenvalue weighted by atomic mass is 10.1. The number of para-hydroxylation sites is 1. The summed E-state index contributed by atoms with van der Waals surface area (Å²) in [6, 6.07) is 8.43. The zero-order valence-electron chi connectivity index (χ0n) is 12.7. The molecule has 0 saturated heterocycles.